The topological polar surface area (TPSA) is 52.3 Å². The Labute approximate surface area is 110 Å². The van der Waals surface area contributed by atoms with Crippen molar-refractivity contribution in [1.82, 2.24) is 0 Å². The standard InChI is InChI=1S/C13H18BrNO2/c14-12-7-4-3-6-11(12)10-17-13(16)8-2-1-5-9-15/h3-4,6-7H,1-2,5,8-10,15H2. The first-order valence-corrected chi connectivity index (χ1v) is 6.62. The van der Waals surface area contributed by atoms with Gasteiger partial charge in [0.05, 0.1) is 0 Å². The molecule has 0 saturated carbocycles. The Morgan fingerprint density at radius 1 is 1.24 bits per heavy atom. The maximum absolute atomic E-state index is 11.4. The minimum Gasteiger partial charge on any atom is -0.461 e. The molecule has 0 aliphatic carbocycles. The van der Waals surface area contributed by atoms with E-state index in [4.69, 9.17) is 10.5 Å². The van der Waals surface area contributed by atoms with Crippen LogP contribution in [0.2, 0.25) is 0 Å². The highest BCUT2D eigenvalue weighted by molar-refractivity contribution is 9.10. The molecule has 1 aromatic carbocycles. The van der Waals surface area contributed by atoms with E-state index in [1.165, 1.54) is 0 Å². The van der Waals surface area contributed by atoms with E-state index in [-0.39, 0.29) is 5.97 Å². The lowest BCUT2D eigenvalue weighted by atomic mass is 10.2. The number of esters is 1. The molecule has 0 amide bonds. The number of benzene rings is 1. The normalized spacial score (nSPS) is 10.2. The minimum absolute atomic E-state index is 0.141. The van der Waals surface area contributed by atoms with Crippen LogP contribution in [-0.4, -0.2) is 12.5 Å². The van der Waals surface area contributed by atoms with Gasteiger partial charge in [0.15, 0.2) is 0 Å². The molecule has 0 aliphatic rings. The van der Waals surface area contributed by atoms with Gasteiger partial charge in [0, 0.05) is 16.5 Å². The fraction of sp³-hybridized carbons (Fsp3) is 0.462. The summed E-state index contributed by atoms with van der Waals surface area (Å²) >= 11 is 3.41. The van der Waals surface area contributed by atoms with Gasteiger partial charge in [-0.3, -0.25) is 4.79 Å². The Kier molecular flexibility index (Phi) is 6.89. The highest BCUT2D eigenvalue weighted by Crippen LogP contribution is 2.16. The van der Waals surface area contributed by atoms with Gasteiger partial charge in [-0.2, -0.15) is 0 Å². The third-order valence-electron chi connectivity index (χ3n) is 2.43. The number of carbonyl (C=O) groups excluding carboxylic acids is 1. The van der Waals surface area contributed by atoms with Crippen LogP contribution in [0.15, 0.2) is 28.7 Å². The van der Waals surface area contributed by atoms with Gasteiger partial charge in [0.1, 0.15) is 6.61 Å². The number of ether oxygens (including phenoxy) is 1. The number of halogens is 1. The van der Waals surface area contributed by atoms with Crippen molar-refractivity contribution in [3.63, 3.8) is 0 Å². The number of carbonyl (C=O) groups is 1. The fourth-order valence-electron chi connectivity index (χ4n) is 1.44. The van der Waals surface area contributed by atoms with Crippen molar-refractivity contribution in [3.8, 4) is 0 Å². The molecule has 0 radical (unpaired) electrons. The Hall–Kier alpha value is -0.870. The SMILES string of the molecule is NCCCCCC(=O)OCc1ccccc1Br. The predicted octanol–water partition coefficient (Wildman–Crippen LogP) is 3.01. The van der Waals surface area contributed by atoms with Gasteiger partial charge < -0.3 is 10.5 Å². The molecule has 17 heavy (non-hydrogen) atoms. The first-order chi connectivity index (χ1) is 8.24. The van der Waals surface area contributed by atoms with E-state index in [2.05, 4.69) is 15.9 Å². The van der Waals surface area contributed by atoms with Crippen LogP contribution in [0.5, 0.6) is 0 Å². The molecule has 0 unspecified atom stereocenters. The zero-order valence-electron chi connectivity index (χ0n) is 9.82. The summed E-state index contributed by atoms with van der Waals surface area (Å²) in [6.07, 6.45) is 3.29. The van der Waals surface area contributed by atoms with E-state index in [0.29, 0.717) is 19.6 Å². The average molecular weight is 300 g/mol. The summed E-state index contributed by atoms with van der Waals surface area (Å²) in [7, 11) is 0. The Morgan fingerprint density at radius 2 is 2.00 bits per heavy atom. The third-order valence-corrected chi connectivity index (χ3v) is 3.21. The number of nitrogens with two attached hydrogens (primary N) is 1. The van der Waals surface area contributed by atoms with Gasteiger partial charge in [-0.05, 0) is 25.5 Å². The summed E-state index contributed by atoms with van der Waals surface area (Å²) in [4.78, 5) is 11.4. The van der Waals surface area contributed by atoms with Crippen LogP contribution in [0.25, 0.3) is 0 Å². The molecular weight excluding hydrogens is 282 g/mol. The monoisotopic (exact) mass is 299 g/mol. The first-order valence-electron chi connectivity index (χ1n) is 5.83. The predicted molar refractivity (Wildman–Crippen MR) is 71.5 cm³/mol. The second-order valence-electron chi connectivity index (χ2n) is 3.85. The molecule has 0 fully saturated rings. The van der Waals surface area contributed by atoms with Gasteiger partial charge in [0.25, 0.3) is 0 Å². The summed E-state index contributed by atoms with van der Waals surface area (Å²) in [5, 5.41) is 0. The van der Waals surface area contributed by atoms with Gasteiger partial charge in [-0.25, -0.2) is 0 Å². The summed E-state index contributed by atoms with van der Waals surface area (Å²) in [6.45, 7) is 1.02. The quantitative estimate of drug-likeness (QED) is 0.622. The van der Waals surface area contributed by atoms with Crippen molar-refractivity contribution in [2.24, 2.45) is 5.73 Å². The lowest BCUT2D eigenvalue weighted by Gasteiger charge is -2.06. The Bertz CT molecular complexity index is 355. The molecule has 2 N–H and O–H groups in total. The average Bonchev–Trinajstić information content (AvgIpc) is 2.34. The fourth-order valence-corrected chi connectivity index (χ4v) is 1.84. The molecule has 0 saturated heterocycles. The van der Waals surface area contributed by atoms with Crippen LogP contribution in [-0.2, 0) is 16.1 Å². The molecule has 0 atom stereocenters. The van der Waals surface area contributed by atoms with E-state index in [0.717, 1.165) is 29.3 Å². The lowest BCUT2D eigenvalue weighted by Crippen LogP contribution is -2.05. The second-order valence-corrected chi connectivity index (χ2v) is 4.71. The molecule has 0 heterocycles. The van der Waals surface area contributed by atoms with E-state index in [1.807, 2.05) is 24.3 Å². The van der Waals surface area contributed by atoms with Gasteiger partial charge >= 0.3 is 5.97 Å². The van der Waals surface area contributed by atoms with Crippen LogP contribution < -0.4 is 5.73 Å². The lowest BCUT2D eigenvalue weighted by molar-refractivity contribution is -0.145. The highest BCUT2D eigenvalue weighted by Gasteiger charge is 2.04. The van der Waals surface area contributed by atoms with E-state index in [1.54, 1.807) is 0 Å². The van der Waals surface area contributed by atoms with Gasteiger partial charge in [0.2, 0.25) is 0 Å². The first kappa shape index (κ1) is 14.2. The molecule has 1 aromatic rings. The van der Waals surface area contributed by atoms with E-state index < -0.39 is 0 Å². The molecule has 4 heteroatoms. The summed E-state index contributed by atoms with van der Waals surface area (Å²) in [6, 6.07) is 7.73. The van der Waals surface area contributed by atoms with Crippen LogP contribution in [0, 0.1) is 0 Å². The summed E-state index contributed by atoms with van der Waals surface area (Å²) < 4.78 is 6.16. The van der Waals surface area contributed by atoms with Crippen LogP contribution in [0.1, 0.15) is 31.2 Å². The van der Waals surface area contributed by atoms with Gasteiger partial charge in [-0.1, -0.05) is 40.5 Å². The third kappa shape index (κ3) is 5.84. The molecule has 0 spiro atoms. The van der Waals surface area contributed by atoms with Crippen LogP contribution in [0.3, 0.4) is 0 Å². The molecule has 3 nitrogen and oxygen atoms in total. The zero-order chi connectivity index (χ0) is 12.5. The largest absolute Gasteiger partial charge is 0.461 e. The summed E-state index contributed by atoms with van der Waals surface area (Å²) in [5.41, 5.74) is 6.36. The van der Waals surface area contributed by atoms with E-state index >= 15 is 0 Å². The highest BCUT2D eigenvalue weighted by atomic mass is 79.9. The molecule has 1 rings (SSSR count). The molecule has 0 aromatic heterocycles. The maximum Gasteiger partial charge on any atom is 0.306 e. The number of hydrogen-bond donors (Lipinski definition) is 1. The van der Waals surface area contributed by atoms with Crippen molar-refractivity contribution >= 4 is 21.9 Å². The zero-order valence-corrected chi connectivity index (χ0v) is 11.4. The van der Waals surface area contributed by atoms with Crippen molar-refractivity contribution in [1.29, 1.82) is 0 Å². The van der Waals surface area contributed by atoms with Crippen molar-refractivity contribution in [2.75, 3.05) is 6.54 Å². The van der Waals surface area contributed by atoms with Crippen molar-refractivity contribution in [2.45, 2.75) is 32.3 Å². The molecule has 0 aliphatic heterocycles. The summed E-state index contributed by atoms with van der Waals surface area (Å²) in [5.74, 6) is -0.141. The van der Waals surface area contributed by atoms with Crippen LogP contribution >= 0.6 is 15.9 Å². The van der Waals surface area contributed by atoms with Gasteiger partial charge in [-0.15, -0.1) is 0 Å². The Morgan fingerprint density at radius 3 is 2.71 bits per heavy atom. The second kappa shape index (κ2) is 8.25. The molecule has 0 bridgehead atoms. The number of unbranched alkanes of at least 4 members (excludes halogenated alkanes) is 2. The molecular formula is C13H18BrNO2. The van der Waals surface area contributed by atoms with Crippen molar-refractivity contribution in [3.05, 3.63) is 34.3 Å². The molecule has 94 valence electrons. The minimum atomic E-state index is -0.141. The maximum atomic E-state index is 11.4. The number of rotatable bonds is 7. The Balaban J connectivity index is 2.22. The van der Waals surface area contributed by atoms with Crippen molar-refractivity contribution < 1.29 is 9.53 Å². The number of hydrogen-bond acceptors (Lipinski definition) is 3. The van der Waals surface area contributed by atoms with Crippen LogP contribution in [0.4, 0.5) is 0 Å². The smallest absolute Gasteiger partial charge is 0.306 e. The van der Waals surface area contributed by atoms with E-state index in [9.17, 15) is 4.79 Å².